The van der Waals surface area contributed by atoms with E-state index in [1.165, 1.54) is 0 Å². The van der Waals surface area contributed by atoms with Gasteiger partial charge in [0.1, 0.15) is 0 Å². The van der Waals surface area contributed by atoms with Crippen LogP contribution in [0.25, 0.3) is 0 Å². The molecular weight excluding hydrogens is 212 g/mol. The molecule has 0 saturated carbocycles. The zero-order valence-corrected chi connectivity index (χ0v) is 9.21. The molecule has 0 aromatic heterocycles. The predicted molar refractivity (Wildman–Crippen MR) is 67.0 cm³/mol. The van der Waals surface area contributed by atoms with Crippen LogP contribution in [0.3, 0.4) is 0 Å². The molecule has 0 unspecified atom stereocenters. The first kappa shape index (κ1) is 9.90. The molecular formula is C14H11N2O+. The van der Waals surface area contributed by atoms with Crippen LogP contribution in [0.1, 0.15) is 5.56 Å². The van der Waals surface area contributed by atoms with Gasteiger partial charge in [0.05, 0.1) is 6.42 Å². The average molecular weight is 223 g/mol. The Labute approximate surface area is 99.0 Å². The van der Waals surface area contributed by atoms with Gasteiger partial charge in [-0.05, 0) is 22.7 Å². The molecule has 0 N–H and O–H groups in total. The summed E-state index contributed by atoms with van der Waals surface area (Å²) in [7, 11) is 0. The Bertz CT molecular complexity index is 603. The summed E-state index contributed by atoms with van der Waals surface area (Å²) in [5.41, 5.74) is 2.49. The summed E-state index contributed by atoms with van der Waals surface area (Å²) in [5.74, 6) is 0.553. The lowest BCUT2D eigenvalue weighted by Gasteiger charge is -1.94. The monoisotopic (exact) mass is 223 g/mol. The van der Waals surface area contributed by atoms with Gasteiger partial charge in [-0.25, -0.2) is 0 Å². The van der Waals surface area contributed by atoms with E-state index in [1.54, 1.807) is 6.07 Å². The van der Waals surface area contributed by atoms with Gasteiger partial charge in [-0.2, -0.15) is 0 Å². The Hall–Kier alpha value is -2.29. The first-order chi connectivity index (χ1) is 8.34. The number of amidine groups is 1. The SMILES string of the molecule is O=[N+]1C(Cc2ccccc2)=Nc2ccccc21. The summed E-state index contributed by atoms with van der Waals surface area (Å²) in [6, 6.07) is 17.3. The standard InChI is InChI=1S/C14H11N2O/c17-16-13-9-5-4-8-12(13)15-14(16)10-11-6-2-1-3-7-11/h1-9H,10H2/q+1. The summed E-state index contributed by atoms with van der Waals surface area (Å²) < 4.78 is 0.919. The minimum absolute atomic E-state index is 0.553. The Morgan fingerprint density at radius 3 is 2.41 bits per heavy atom. The van der Waals surface area contributed by atoms with E-state index < -0.39 is 0 Å². The summed E-state index contributed by atoms with van der Waals surface area (Å²) >= 11 is 0. The van der Waals surface area contributed by atoms with Gasteiger partial charge in [-0.15, -0.1) is 0 Å². The van der Waals surface area contributed by atoms with Gasteiger partial charge >= 0.3 is 5.84 Å². The van der Waals surface area contributed by atoms with E-state index >= 15 is 0 Å². The number of rotatable bonds is 2. The third kappa shape index (κ3) is 1.76. The van der Waals surface area contributed by atoms with Gasteiger partial charge in [0, 0.05) is 4.76 Å². The van der Waals surface area contributed by atoms with Gasteiger partial charge in [0.15, 0.2) is 0 Å². The molecule has 1 heterocycles. The highest BCUT2D eigenvalue weighted by Crippen LogP contribution is 2.33. The second-order valence-corrected chi connectivity index (χ2v) is 3.97. The second kappa shape index (κ2) is 3.94. The van der Waals surface area contributed by atoms with E-state index in [-0.39, 0.29) is 0 Å². The molecule has 0 spiro atoms. The lowest BCUT2D eigenvalue weighted by Crippen LogP contribution is -2.11. The fraction of sp³-hybridized carbons (Fsp3) is 0.0714. The van der Waals surface area contributed by atoms with Gasteiger partial charge < -0.3 is 0 Å². The van der Waals surface area contributed by atoms with Crippen LogP contribution in [0, 0.1) is 4.91 Å². The summed E-state index contributed by atoms with van der Waals surface area (Å²) in [5, 5.41) is 0. The highest BCUT2D eigenvalue weighted by atomic mass is 16.3. The molecule has 2 aromatic carbocycles. The highest BCUT2D eigenvalue weighted by molar-refractivity contribution is 5.87. The molecule has 0 fully saturated rings. The Balaban J connectivity index is 1.91. The summed E-state index contributed by atoms with van der Waals surface area (Å²) in [6.07, 6.45) is 0.568. The van der Waals surface area contributed by atoms with Crippen molar-refractivity contribution in [2.75, 3.05) is 0 Å². The van der Waals surface area contributed by atoms with Crippen molar-refractivity contribution >= 4 is 17.2 Å². The molecule has 1 aliphatic rings. The zero-order valence-electron chi connectivity index (χ0n) is 9.21. The van der Waals surface area contributed by atoms with Gasteiger partial charge in [0.25, 0.3) is 0 Å². The Morgan fingerprint density at radius 1 is 0.941 bits per heavy atom. The molecule has 0 atom stereocenters. The van der Waals surface area contributed by atoms with Crippen molar-refractivity contribution in [1.82, 2.24) is 0 Å². The predicted octanol–water partition coefficient (Wildman–Crippen LogP) is 3.38. The molecule has 1 aliphatic heterocycles. The van der Waals surface area contributed by atoms with Crippen LogP contribution in [0.4, 0.5) is 11.4 Å². The Morgan fingerprint density at radius 2 is 1.65 bits per heavy atom. The smallest absolute Gasteiger partial charge is 0.0622 e. The maximum Gasteiger partial charge on any atom is 0.348 e. The average Bonchev–Trinajstić information content (AvgIpc) is 2.68. The van der Waals surface area contributed by atoms with E-state index in [9.17, 15) is 4.91 Å². The topological polar surface area (TPSA) is 32.4 Å². The van der Waals surface area contributed by atoms with Crippen molar-refractivity contribution < 1.29 is 4.76 Å². The molecule has 0 saturated heterocycles. The summed E-state index contributed by atoms with van der Waals surface area (Å²) in [4.78, 5) is 16.3. The van der Waals surface area contributed by atoms with Crippen LogP contribution >= 0.6 is 0 Å². The molecule has 3 rings (SSSR count). The fourth-order valence-electron chi connectivity index (χ4n) is 1.94. The molecule has 3 nitrogen and oxygen atoms in total. The quantitative estimate of drug-likeness (QED) is 0.718. The lowest BCUT2D eigenvalue weighted by molar-refractivity contribution is -0.328. The minimum atomic E-state index is 0.553. The van der Waals surface area contributed by atoms with E-state index in [1.807, 2.05) is 48.5 Å². The first-order valence-corrected chi connectivity index (χ1v) is 5.52. The molecule has 17 heavy (non-hydrogen) atoms. The number of aliphatic imine (C=N–C) groups is 1. The number of hydrogen-bond acceptors (Lipinski definition) is 2. The number of para-hydroxylation sites is 2. The van der Waals surface area contributed by atoms with Crippen LogP contribution in [-0.2, 0) is 6.42 Å². The van der Waals surface area contributed by atoms with Crippen LogP contribution in [0.15, 0.2) is 59.6 Å². The third-order valence-electron chi connectivity index (χ3n) is 2.79. The molecule has 82 valence electrons. The maximum absolute atomic E-state index is 12.0. The van der Waals surface area contributed by atoms with E-state index in [0.29, 0.717) is 17.9 Å². The van der Waals surface area contributed by atoms with Crippen molar-refractivity contribution in [3.8, 4) is 0 Å². The van der Waals surface area contributed by atoms with Crippen LogP contribution in [0.5, 0.6) is 0 Å². The van der Waals surface area contributed by atoms with E-state index in [2.05, 4.69) is 4.99 Å². The maximum atomic E-state index is 12.0. The van der Waals surface area contributed by atoms with E-state index in [4.69, 9.17) is 0 Å². The zero-order chi connectivity index (χ0) is 11.7. The van der Waals surface area contributed by atoms with Crippen molar-refractivity contribution in [3.05, 3.63) is 65.1 Å². The number of nitrogens with zero attached hydrogens (tertiary/aromatic N) is 2. The minimum Gasteiger partial charge on any atom is -0.0622 e. The van der Waals surface area contributed by atoms with Crippen molar-refractivity contribution in [2.45, 2.75) is 6.42 Å². The second-order valence-electron chi connectivity index (χ2n) is 3.97. The Kier molecular flexibility index (Phi) is 2.29. The van der Waals surface area contributed by atoms with Gasteiger partial charge in [-0.3, -0.25) is 0 Å². The van der Waals surface area contributed by atoms with Crippen LogP contribution in [0.2, 0.25) is 0 Å². The first-order valence-electron chi connectivity index (χ1n) is 5.52. The molecule has 0 radical (unpaired) electrons. The van der Waals surface area contributed by atoms with Crippen LogP contribution < -0.4 is 0 Å². The number of nitroso groups, excluding NO2 is 1. The third-order valence-corrected chi connectivity index (χ3v) is 2.79. The molecule has 3 heteroatoms. The van der Waals surface area contributed by atoms with E-state index in [0.717, 1.165) is 16.0 Å². The highest BCUT2D eigenvalue weighted by Gasteiger charge is 2.32. The van der Waals surface area contributed by atoms with Crippen LogP contribution in [-0.4, -0.2) is 10.6 Å². The molecule has 0 aliphatic carbocycles. The van der Waals surface area contributed by atoms with Crippen molar-refractivity contribution in [3.63, 3.8) is 0 Å². The van der Waals surface area contributed by atoms with Gasteiger partial charge in [0.2, 0.25) is 11.4 Å². The normalized spacial score (nSPS) is 13.4. The fourth-order valence-corrected chi connectivity index (χ4v) is 1.94. The molecule has 0 amide bonds. The summed E-state index contributed by atoms with van der Waals surface area (Å²) in [6.45, 7) is 0. The van der Waals surface area contributed by atoms with Crippen molar-refractivity contribution in [2.24, 2.45) is 4.99 Å². The number of fused-ring (bicyclic) bond motifs is 1. The molecule has 0 bridgehead atoms. The van der Waals surface area contributed by atoms with Gasteiger partial charge in [-0.1, -0.05) is 47.4 Å². The molecule has 2 aromatic rings. The number of benzene rings is 2. The lowest BCUT2D eigenvalue weighted by atomic mass is 10.1. The largest absolute Gasteiger partial charge is 0.348 e. The van der Waals surface area contributed by atoms with Crippen molar-refractivity contribution in [1.29, 1.82) is 0 Å². The number of hydrogen-bond donors (Lipinski definition) is 0.